The number of halogens is 1. The molecule has 0 aliphatic carbocycles. The monoisotopic (exact) mass is 497 g/mol. The van der Waals surface area contributed by atoms with Gasteiger partial charge in [-0.05, 0) is 60.5 Å². The van der Waals surface area contributed by atoms with Crippen LogP contribution in [0.25, 0.3) is 11.1 Å². The molecule has 3 aromatic rings. The lowest BCUT2D eigenvalue weighted by atomic mass is 9.88. The fourth-order valence-electron chi connectivity index (χ4n) is 3.33. The lowest BCUT2D eigenvalue weighted by molar-refractivity contribution is 0.261. The number of allylic oxidation sites excluding steroid dienone is 1. The zero-order valence-electron chi connectivity index (χ0n) is 17.1. The normalized spacial score (nSPS) is 12.0. The lowest BCUT2D eigenvalue weighted by Gasteiger charge is -2.17. The third-order valence-electron chi connectivity index (χ3n) is 4.78. The Bertz CT molecular complexity index is 902. The Hall–Kier alpha value is -2.11. The van der Waals surface area contributed by atoms with Crippen LogP contribution in [0.1, 0.15) is 23.1 Å². The van der Waals surface area contributed by atoms with E-state index in [2.05, 4.69) is 127 Å². The second-order valence-corrected chi connectivity index (χ2v) is 8.28. The van der Waals surface area contributed by atoms with Crippen molar-refractivity contribution in [3.8, 4) is 5.75 Å². The standard InChI is InChI=1S/C26H28INO/c1-28(2)19-20-29-24-15-13-23(14-16-24)26(22-11-7-4-8-12-22)25(17-18-27)21-9-5-3-6-10-21/h3-16H,17-20H2,1-2H3/b26-25-. The van der Waals surface area contributed by atoms with Gasteiger partial charge in [-0.25, -0.2) is 0 Å². The molecule has 29 heavy (non-hydrogen) atoms. The average Bonchev–Trinajstić information content (AvgIpc) is 2.75. The first-order chi connectivity index (χ1) is 14.2. The van der Waals surface area contributed by atoms with E-state index in [9.17, 15) is 0 Å². The van der Waals surface area contributed by atoms with Crippen LogP contribution in [-0.2, 0) is 0 Å². The summed E-state index contributed by atoms with van der Waals surface area (Å²) in [5.74, 6) is 0.915. The Kier molecular flexibility index (Phi) is 8.32. The number of ether oxygens (including phenoxy) is 1. The maximum atomic E-state index is 5.89. The molecule has 2 nitrogen and oxygen atoms in total. The van der Waals surface area contributed by atoms with Crippen molar-refractivity contribution in [3.63, 3.8) is 0 Å². The number of alkyl halides is 1. The van der Waals surface area contributed by atoms with Crippen molar-refractivity contribution in [1.82, 2.24) is 4.90 Å². The topological polar surface area (TPSA) is 12.5 Å². The third kappa shape index (κ3) is 6.18. The van der Waals surface area contributed by atoms with Crippen molar-refractivity contribution < 1.29 is 4.74 Å². The van der Waals surface area contributed by atoms with Crippen LogP contribution < -0.4 is 4.74 Å². The van der Waals surface area contributed by atoms with Crippen LogP contribution in [0.2, 0.25) is 0 Å². The van der Waals surface area contributed by atoms with E-state index in [4.69, 9.17) is 4.74 Å². The highest BCUT2D eigenvalue weighted by Gasteiger charge is 2.14. The van der Waals surface area contributed by atoms with E-state index < -0.39 is 0 Å². The lowest BCUT2D eigenvalue weighted by Crippen LogP contribution is -2.19. The van der Waals surface area contributed by atoms with E-state index in [1.54, 1.807) is 0 Å². The summed E-state index contributed by atoms with van der Waals surface area (Å²) >= 11 is 2.47. The Balaban J connectivity index is 2.02. The van der Waals surface area contributed by atoms with Gasteiger partial charge in [0.2, 0.25) is 0 Å². The highest BCUT2D eigenvalue weighted by molar-refractivity contribution is 14.1. The number of hydrogen-bond acceptors (Lipinski definition) is 2. The predicted molar refractivity (Wildman–Crippen MR) is 133 cm³/mol. The van der Waals surface area contributed by atoms with Gasteiger partial charge in [-0.2, -0.15) is 0 Å². The average molecular weight is 497 g/mol. The molecule has 3 rings (SSSR count). The highest BCUT2D eigenvalue weighted by Crippen LogP contribution is 2.35. The molecule has 0 saturated heterocycles. The fourth-order valence-corrected chi connectivity index (χ4v) is 3.87. The minimum absolute atomic E-state index is 0.692. The number of benzene rings is 3. The van der Waals surface area contributed by atoms with Crippen molar-refractivity contribution in [2.45, 2.75) is 6.42 Å². The summed E-state index contributed by atoms with van der Waals surface area (Å²) in [5.41, 5.74) is 6.44. The van der Waals surface area contributed by atoms with Crippen molar-refractivity contribution in [2.75, 3.05) is 31.7 Å². The molecule has 0 N–H and O–H groups in total. The van der Waals surface area contributed by atoms with Gasteiger partial charge in [-0.15, -0.1) is 0 Å². The van der Waals surface area contributed by atoms with Gasteiger partial charge < -0.3 is 9.64 Å². The highest BCUT2D eigenvalue weighted by atomic mass is 127. The first kappa shape index (κ1) is 21.6. The molecule has 0 aromatic heterocycles. The Morgan fingerprint density at radius 3 is 1.86 bits per heavy atom. The van der Waals surface area contributed by atoms with Crippen LogP contribution >= 0.6 is 22.6 Å². The summed E-state index contributed by atoms with van der Waals surface area (Å²) in [6.07, 6.45) is 1.02. The van der Waals surface area contributed by atoms with Crippen LogP contribution in [0.3, 0.4) is 0 Å². The molecular weight excluding hydrogens is 469 g/mol. The molecule has 0 spiro atoms. The van der Waals surface area contributed by atoms with E-state index in [1.807, 2.05) is 0 Å². The van der Waals surface area contributed by atoms with Crippen LogP contribution in [0.4, 0.5) is 0 Å². The molecule has 0 atom stereocenters. The maximum absolute atomic E-state index is 5.89. The molecule has 0 heterocycles. The van der Waals surface area contributed by atoms with Gasteiger partial charge in [0.05, 0.1) is 0 Å². The van der Waals surface area contributed by atoms with E-state index >= 15 is 0 Å². The first-order valence-corrected chi connectivity index (χ1v) is 11.5. The van der Waals surface area contributed by atoms with E-state index in [0.29, 0.717) is 6.61 Å². The zero-order chi connectivity index (χ0) is 20.5. The van der Waals surface area contributed by atoms with Gasteiger partial charge in [-0.3, -0.25) is 0 Å². The SMILES string of the molecule is CN(C)CCOc1ccc(/C(=C(/CCI)c2ccccc2)c2ccccc2)cc1. The van der Waals surface area contributed by atoms with Gasteiger partial charge in [0.15, 0.2) is 0 Å². The number of nitrogens with zero attached hydrogens (tertiary/aromatic N) is 1. The molecule has 0 unspecified atom stereocenters. The van der Waals surface area contributed by atoms with Gasteiger partial charge in [0.25, 0.3) is 0 Å². The molecule has 0 radical (unpaired) electrons. The molecule has 0 saturated carbocycles. The zero-order valence-corrected chi connectivity index (χ0v) is 19.3. The molecular formula is C26H28INO. The van der Waals surface area contributed by atoms with Crippen LogP contribution in [0, 0.1) is 0 Å². The van der Waals surface area contributed by atoms with E-state index in [0.717, 1.165) is 23.1 Å². The van der Waals surface area contributed by atoms with Gasteiger partial charge >= 0.3 is 0 Å². The second-order valence-electron chi connectivity index (χ2n) is 7.20. The fraction of sp³-hybridized carbons (Fsp3) is 0.231. The van der Waals surface area contributed by atoms with Crippen molar-refractivity contribution >= 4 is 33.7 Å². The molecule has 3 heteroatoms. The maximum Gasteiger partial charge on any atom is 0.119 e. The second kappa shape index (κ2) is 11.2. The Morgan fingerprint density at radius 2 is 1.31 bits per heavy atom. The van der Waals surface area contributed by atoms with Crippen molar-refractivity contribution in [1.29, 1.82) is 0 Å². The summed E-state index contributed by atoms with van der Waals surface area (Å²) in [6, 6.07) is 30.0. The number of rotatable bonds is 9. The summed E-state index contributed by atoms with van der Waals surface area (Å²) in [4.78, 5) is 2.13. The van der Waals surface area contributed by atoms with Gasteiger partial charge in [-0.1, -0.05) is 95.4 Å². The quantitative estimate of drug-likeness (QED) is 0.192. The smallest absolute Gasteiger partial charge is 0.119 e. The number of likely N-dealkylation sites (N-methyl/N-ethyl adjacent to an activating group) is 1. The predicted octanol–water partition coefficient (Wildman–Crippen LogP) is 6.41. The molecule has 0 bridgehead atoms. The molecule has 0 aliphatic heterocycles. The molecule has 0 amide bonds. The van der Waals surface area contributed by atoms with Gasteiger partial charge in [0, 0.05) is 11.0 Å². The molecule has 0 aliphatic rings. The van der Waals surface area contributed by atoms with Gasteiger partial charge in [0.1, 0.15) is 12.4 Å². The summed E-state index contributed by atoms with van der Waals surface area (Å²) in [7, 11) is 4.11. The minimum Gasteiger partial charge on any atom is -0.492 e. The van der Waals surface area contributed by atoms with Crippen molar-refractivity contribution in [2.24, 2.45) is 0 Å². The summed E-state index contributed by atoms with van der Waals surface area (Å²) in [5, 5.41) is 0. The summed E-state index contributed by atoms with van der Waals surface area (Å²) < 4.78 is 6.96. The molecule has 150 valence electrons. The Labute approximate surface area is 188 Å². The van der Waals surface area contributed by atoms with Crippen LogP contribution in [0.5, 0.6) is 5.75 Å². The first-order valence-electron chi connectivity index (χ1n) is 9.97. The number of hydrogen-bond donors (Lipinski definition) is 0. The summed E-state index contributed by atoms with van der Waals surface area (Å²) in [6.45, 7) is 1.60. The molecule has 0 fully saturated rings. The molecule has 3 aromatic carbocycles. The van der Waals surface area contributed by atoms with Crippen LogP contribution in [0.15, 0.2) is 84.9 Å². The van der Waals surface area contributed by atoms with Crippen molar-refractivity contribution in [3.05, 3.63) is 102 Å². The van der Waals surface area contributed by atoms with Crippen LogP contribution in [-0.4, -0.2) is 36.6 Å². The van der Waals surface area contributed by atoms with E-state index in [-0.39, 0.29) is 0 Å². The minimum atomic E-state index is 0.692. The Morgan fingerprint density at radius 1 is 0.759 bits per heavy atom. The third-order valence-corrected chi connectivity index (χ3v) is 5.32. The van der Waals surface area contributed by atoms with E-state index in [1.165, 1.54) is 27.8 Å². The largest absolute Gasteiger partial charge is 0.492 e.